The maximum Gasteiger partial charge on any atom is 0.259 e. The predicted octanol–water partition coefficient (Wildman–Crippen LogP) is 3.09. The van der Waals surface area contributed by atoms with E-state index in [-0.39, 0.29) is 28.3 Å². The van der Waals surface area contributed by atoms with E-state index >= 15 is 0 Å². The van der Waals surface area contributed by atoms with Crippen LogP contribution in [0.5, 0.6) is 0 Å². The third kappa shape index (κ3) is 3.14. The SMILES string of the molecule is CCCCCNC(=O)c1c(-c2ccc(Cl)o2)noc1N. The lowest BCUT2D eigenvalue weighted by atomic mass is 10.1. The Kier molecular flexibility index (Phi) is 4.68. The minimum Gasteiger partial charge on any atom is -0.443 e. The van der Waals surface area contributed by atoms with Gasteiger partial charge in [-0.15, -0.1) is 0 Å². The van der Waals surface area contributed by atoms with Crippen molar-refractivity contribution in [1.29, 1.82) is 0 Å². The Morgan fingerprint density at radius 1 is 1.45 bits per heavy atom. The molecule has 2 heterocycles. The number of furan rings is 1. The van der Waals surface area contributed by atoms with Crippen molar-refractivity contribution in [3.05, 3.63) is 22.9 Å². The van der Waals surface area contributed by atoms with Crippen LogP contribution in [0.3, 0.4) is 0 Å². The number of nitrogens with one attached hydrogen (secondary N) is 1. The molecule has 2 rings (SSSR count). The normalized spacial score (nSPS) is 10.7. The molecular weight excluding hydrogens is 282 g/mol. The Morgan fingerprint density at radius 2 is 2.25 bits per heavy atom. The maximum atomic E-state index is 12.1. The molecule has 108 valence electrons. The largest absolute Gasteiger partial charge is 0.443 e. The maximum absolute atomic E-state index is 12.1. The summed E-state index contributed by atoms with van der Waals surface area (Å²) >= 11 is 5.71. The summed E-state index contributed by atoms with van der Waals surface area (Å²) in [5, 5.41) is 6.74. The third-order valence-corrected chi connectivity index (χ3v) is 3.02. The number of carbonyl (C=O) groups is 1. The van der Waals surface area contributed by atoms with Gasteiger partial charge in [0.1, 0.15) is 5.56 Å². The van der Waals surface area contributed by atoms with Crippen molar-refractivity contribution in [1.82, 2.24) is 10.5 Å². The van der Waals surface area contributed by atoms with E-state index in [0.717, 1.165) is 19.3 Å². The van der Waals surface area contributed by atoms with Crippen molar-refractivity contribution in [3.63, 3.8) is 0 Å². The Bertz CT molecular complexity index is 591. The van der Waals surface area contributed by atoms with E-state index < -0.39 is 0 Å². The molecule has 0 aliphatic carbocycles. The van der Waals surface area contributed by atoms with Gasteiger partial charge in [0, 0.05) is 6.54 Å². The monoisotopic (exact) mass is 297 g/mol. The van der Waals surface area contributed by atoms with E-state index in [4.69, 9.17) is 26.3 Å². The molecule has 7 heteroatoms. The number of amides is 1. The molecule has 0 aliphatic rings. The lowest BCUT2D eigenvalue weighted by molar-refractivity contribution is 0.0954. The Morgan fingerprint density at radius 3 is 2.90 bits per heavy atom. The number of nitrogen functional groups attached to an aromatic ring is 1. The summed E-state index contributed by atoms with van der Waals surface area (Å²) in [5.74, 6) is -0.0305. The highest BCUT2D eigenvalue weighted by Crippen LogP contribution is 2.29. The van der Waals surface area contributed by atoms with E-state index in [2.05, 4.69) is 17.4 Å². The van der Waals surface area contributed by atoms with Crippen LogP contribution in [0.25, 0.3) is 11.5 Å². The fraction of sp³-hybridized carbons (Fsp3) is 0.385. The second kappa shape index (κ2) is 6.47. The van der Waals surface area contributed by atoms with Gasteiger partial charge in [-0.05, 0) is 30.2 Å². The number of hydrogen-bond donors (Lipinski definition) is 2. The van der Waals surface area contributed by atoms with Crippen LogP contribution in [-0.2, 0) is 0 Å². The van der Waals surface area contributed by atoms with Crippen molar-refractivity contribution in [2.45, 2.75) is 26.2 Å². The van der Waals surface area contributed by atoms with Gasteiger partial charge < -0.3 is 20.0 Å². The second-order valence-electron chi connectivity index (χ2n) is 4.34. The number of hydrogen-bond acceptors (Lipinski definition) is 5. The molecule has 3 N–H and O–H groups in total. The topological polar surface area (TPSA) is 94.3 Å². The average Bonchev–Trinajstić information content (AvgIpc) is 3.00. The molecule has 0 aliphatic heterocycles. The molecule has 0 saturated carbocycles. The van der Waals surface area contributed by atoms with Crippen molar-refractivity contribution >= 4 is 23.4 Å². The summed E-state index contributed by atoms with van der Waals surface area (Å²) in [5.41, 5.74) is 6.08. The Labute approximate surface area is 121 Å². The zero-order valence-corrected chi connectivity index (χ0v) is 11.9. The molecule has 6 nitrogen and oxygen atoms in total. The smallest absolute Gasteiger partial charge is 0.259 e. The molecule has 1 amide bonds. The summed E-state index contributed by atoms with van der Waals surface area (Å²) in [6.45, 7) is 2.67. The lowest BCUT2D eigenvalue weighted by Gasteiger charge is -2.04. The van der Waals surface area contributed by atoms with Crippen molar-refractivity contribution in [3.8, 4) is 11.5 Å². The van der Waals surface area contributed by atoms with Crippen LogP contribution in [0.2, 0.25) is 5.22 Å². The lowest BCUT2D eigenvalue weighted by Crippen LogP contribution is -2.25. The van der Waals surface area contributed by atoms with Gasteiger partial charge in [-0.1, -0.05) is 24.9 Å². The molecule has 0 saturated heterocycles. The highest BCUT2D eigenvalue weighted by atomic mass is 35.5. The number of anilines is 1. The van der Waals surface area contributed by atoms with Gasteiger partial charge in [0.25, 0.3) is 5.91 Å². The molecule has 0 radical (unpaired) electrons. The summed E-state index contributed by atoms with van der Waals surface area (Å²) in [7, 11) is 0. The van der Waals surface area contributed by atoms with Crippen LogP contribution in [0.4, 0.5) is 5.88 Å². The van der Waals surface area contributed by atoms with E-state index in [1.54, 1.807) is 12.1 Å². The first-order valence-electron chi connectivity index (χ1n) is 6.42. The fourth-order valence-corrected chi connectivity index (χ4v) is 1.94. The Balaban J connectivity index is 2.15. The molecule has 0 fully saturated rings. The van der Waals surface area contributed by atoms with Crippen LogP contribution < -0.4 is 11.1 Å². The number of nitrogens with two attached hydrogens (primary N) is 1. The van der Waals surface area contributed by atoms with Crippen molar-refractivity contribution < 1.29 is 13.7 Å². The van der Waals surface area contributed by atoms with E-state index in [9.17, 15) is 4.79 Å². The van der Waals surface area contributed by atoms with Crippen LogP contribution in [0, 0.1) is 0 Å². The van der Waals surface area contributed by atoms with Gasteiger partial charge in [0.05, 0.1) is 0 Å². The Hall–Kier alpha value is -1.95. The zero-order chi connectivity index (χ0) is 14.5. The van der Waals surface area contributed by atoms with Gasteiger partial charge >= 0.3 is 0 Å². The number of halogens is 1. The number of aromatic nitrogens is 1. The highest BCUT2D eigenvalue weighted by Gasteiger charge is 2.24. The van der Waals surface area contributed by atoms with Gasteiger partial charge in [-0.3, -0.25) is 4.79 Å². The van der Waals surface area contributed by atoms with Crippen LogP contribution in [0.15, 0.2) is 21.1 Å². The molecule has 0 unspecified atom stereocenters. The summed E-state index contributed by atoms with van der Waals surface area (Å²) in [6.07, 6.45) is 3.05. The van der Waals surface area contributed by atoms with Crippen molar-refractivity contribution in [2.24, 2.45) is 0 Å². The van der Waals surface area contributed by atoms with Crippen LogP contribution in [-0.4, -0.2) is 17.6 Å². The van der Waals surface area contributed by atoms with E-state index in [1.165, 1.54) is 0 Å². The van der Waals surface area contributed by atoms with Gasteiger partial charge in [-0.25, -0.2) is 0 Å². The molecule has 2 aromatic rings. The number of rotatable bonds is 6. The summed E-state index contributed by atoms with van der Waals surface area (Å²) in [4.78, 5) is 12.1. The number of unbranched alkanes of at least 4 members (excludes halogenated alkanes) is 2. The summed E-state index contributed by atoms with van der Waals surface area (Å²) in [6, 6.07) is 3.16. The minimum atomic E-state index is -0.331. The van der Waals surface area contributed by atoms with Gasteiger partial charge in [0.15, 0.2) is 16.7 Å². The first-order valence-corrected chi connectivity index (χ1v) is 6.80. The third-order valence-electron chi connectivity index (χ3n) is 2.82. The summed E-state index contributed by atoms with van der Waals surface area (Å²) < 4.78 is 10.1. The number of carbonyl (C=O) groups excluding carboxylic acids is 1. The van der Waals surface area contributed by atoms with E-state index in [0.29, 0.717) is 12.3 Å². The molecule has 0 atom stereocenters. The predicted molar refractivity (Wildman–Crippen MR) is 75.5 cm³/mol. The van der Waals surface area contributed by atoms with Crippen molar-refractivity contribution in [2.75, 3.05) is 12.3 Å². The molecule has 0 bridgehead atoms. The van der Waals surface area contributed by atoms with Gasteiger partial charge in [-0.2, -0.15) is 0 Å². The average molecular weight is 298 g/mol. The first kappa shape index (κ1) is 14.5. The highest BCUT2D eigenvalue weighted by molar-refractivity contribution is 6.29. The fourth-order valence-electron chi connectivity index (χ4n) is 1.80. The molecule has 20 heavy (non-hydrogen) atoms. The molecule has 2 aromatic heterocycles. The minimum absolute atomic E-state index is 0.0412. The number of nitrogens with zero attached hydrogens (tertiary/aromatic N) is 1. The molecule has 0 aromatic carbocycles. The van der Waals surface area contributed by atoms with E-state index in [1.807, 2.05) is 0 Å². The quantitative estimate of drug-likeness (QED) is 0.799. The molecule has 0 spiro atoms. The van der Waals surface area contributed by atoms with Crippen LogP contribution in [0.1, 0.15) is 36.5 Å². The van der Waals surface area contributed by atoms with Crippen LogP contribution >= 0.6 is 11.6 Å². The molecular formula is C13H16ClN3O3. The standard InChI is InChI=1S/C13H16ClN3O3/c1-2-3-4-7-16-13(18)10-11(17-20-12(10)15)8-5-6-9(14)19-8/h5-6H,2-4,7,15H2,1H3,(H,16,18). The first-order chi connectivity index (χ1) is 9.63. The second-order valence-corrected chi connectivity index (χ2v) is 4.71. The zero-order valence-electron chi connectivity index (χ0n) is 11.1. The van der Waals surface area contributed by atoms with Gasteiger partial charge in [0.2, 0.25) is 5.88 Å².